The molecule has 0 aliphatic carbocycles. The molecular formula is C34H40F4. The second-order valence-electron chi connectivity index (χ2n) is 10.7. The molecule has 0 spiro atoms. The zero-order valence-corrected chi connectivity index (χ0v) is 22.9. The van der Waals surface area contributed by atoms with Gasteiger partial charge in [0.15, 0.2) is 23.3 Å². The van der Waals surface area contributed by atoms with E-state index in [4.69, 9.17) is 0 Å². The van der Waals surface area contributed by atoms with Crippen LogP contribution in [0, 0.1) is 23.3 Å². The van der Waals surface area contributed by atoms with Crippen molar-refractivity contribution in [2.24, 2.45) is 0 Å². The first kappa shape index (κ1) is 28.4. The molecule has 4 rings (SSSR count). The highest BCUT2D eigenvalue weighted by Crippen LogP contribution is 2.39. The molecule has 0 unspecified atom stereocenters. The molecule has 0 heterocycles. The van der Waals surface area contributed by atoms with Gasteiger partial charge in [-0.05, 0) is 70.5 Å². The van der Waals surface area contributed by atoms with Gasteiger partial charge in [0.1, 0.15) is 0 Å². The lowest BCUT2D eigenvalue weighted by atomic mass is 9.86. The fourth-order valence-corrected chi connectivity index (χ4v) is 5.89. The fourth-order valence-electron chi connectivity index (χ4n) is 5.89. The molecule has 0 nitrogen and oxygen atoms in total. The number of unbranched alkanes of at least 4 members (excludes halogenated alkanes) is 10. The van der Waals surface area contributed by atoms with E-state index in [1.807, 2.05) is 12.1 Å². The quantitative estimate of drug-likeness (QED) is 0.0506. The maximum absolute atomic E-state index is 14.9. The van der Waals surface area contributed by atoms with Crippen LogP contribution in [0.25, 0.3) is 32.3 Å². The molecule has 0 atom stereocenters. The highest BCUT2D eigenvalue weighted by Gasteiger charge is 2.23. The minimum Gasteiger partial charge on any atom is -0.203 e. The number of hydrogen-bond donors (Lipinski definition) is 0. The van der Waals surface area contributed by atoms with Crippen LogP contribution in [0.4, 0.5) is 17.6 Å². The first-order chi connectivity index (χ1) is 18.5. The Labute approximate surface area is 224 Å². The number of halogens is 4. The summed E-state index contributed by atoms with van der Waals surface area (Å²) in [6.45, 7) is 4.40. The molecule has 0 saturated carbocycles. The molecule has 0 saturated heterocycles. The molecule has 4 aromatic rings. The van der Waals surface area contributed by atoms with Crippen molar-refractivity contribution in [1.82, 2.24) is 0 Å². The molecule has 204 valence electrons. The van der Waals surface area contributed by atoms with E-state index in [0.29, 0.717) is 0 Å². The second kappa shape index (κ2) is 13.4. The summed E-state index contributed by atoms with van der Waals surface area (Å²) < 4.78 is 58.2. The average Bonchev–Trinajstić information content (AvgIpc) is 2.94. The molecule has 38 heavy (non-hydrogen) atoms. The summed E-state index contributed by atoms with van der Waals surface area (Å²) in [5.41, 5.74) is 2.17. The third-order valence-electron chi connectivity index (χ3n) is 8.00. The molecule has 0 aliphatic rings. The average molecular weight is 525 g/mol. The number of benzene rings is 4. The summed E-state index contributed by atoms with van der Waals surface area (Å²) in [5.74, 6) is -6.14. The van der Waals surface area contributed by atoms with Gasteiger partial charge in [-0.2, -0.15) is 0 Å². The Kier molecular flexibility index (Phi) is 10.0. The Balaban J connectivity index is 1.84. The van der Waals surface area contributed by atoms with Gasteiger partial charge in [-0.15, -0.1) is 0 Å². The third-order valence-corrected chi connectivity index (χ3v) is 8.00. The summed E-state index contributed by atoms with van der Waals surface area (Å²) in [5, 5.41) is 3.51. The minimum atomic E-state index is -1.75. The van der Waals surface area contributed by atoms with Crippen LogP contribution >= 0.6 is 0 Å². The summed E-state index contributed by atoms with van der Waals surface area (Å²) in [6.07, 6.45) is 15.4. The van der Waals surface area contributed by atoms with E-state index < -0.39 is 23.3 Å². The number of rotatable bonds is 14. The Morgan fingerprint density at radius 1 is 0.421 bits per heavy atom. The monoisotopic (exact) mass is 524 g/mol. The van der Waals surface area contributed by atoms with Crippen LogP contribution < -0.4 is 0 Å². The lowest BCUT2D eigenvalue weighted by Gasteiger charge is -2.19. The van der Waals surface area contributed by atoms with Crippen molar-refractivity contribution in [2.75, 3.05) is 0 Å². The van der Waals surface area contributed by atoms with Gasteiger partial charge in [0.05, 0.1) is 0 Å². The fraction of sp³-hybridized carbons (Fsp3) is 0.471. The normalized spacial score (nSPS) is 11.8. The molecule has 0 N–H and O–H groups in total. The molecule has 0 amide bonds. The highest BCUT2D eigenvalue weighted by molar-refractivity contribution is 6.10. The van der Waals surface area contributed by atoms with E-state index in [1.165, 1.54) is 51.4 Å². The van der Waals surface area contributed by atoms with E-state index in [9.17, 15) is 17.6 Å². The summed E-state index contributed by atoms with van der Waals surface area (Å²) in [4.78, 5) is 0. The summed E-state index contributed by atoms with van der Waals surface area (Å²) in [6, 6.07) is 11.4. The lowest BCUT2D eigenvalue weighted by molar-refractivity contribution is 0.418. The number of fused-ring (bicyclic) bond motifs is 3. The van der Waals surface area contributed by atoms with Crippen LogP contribution in [0.2, 0.25) is 0 Å². The number of hydrogen-bond acceptors (Lipinski definition) is 0. The van der Waals surface area contributed by atoms with Gasteiger partial charge in [0.25, 0.3) is 0 Å². The van der Waals surface area contributed by atoms with Crippen molar-refractivity contribution in [3.05, 3.63) is 70.8 Å². The first-order valence-corrected chi connectivity index (χ1v) is 14.6. The molecule has 0 bridgehead atoms. The van der Waals surface area contributed by atoms with Crippen LogP contribution in [-0.4, -0.2) is 0 Å². The topological polar surface area (TPSA) is 0 Å². The Morgan fingerprint density at radius 3 is 1.18 bits per heavy atom. The summed E-state index contributed by atoms with van der Waals surface area (Å²) >= 11 is 0. The number of aryl methyl sites for hydroxylation is 2. The Bertz CT molecular complexity index is 1280. The zero-order valence-electron chi connectivity index (χ0n) is 22.9. The van der Waals surface area contributed by atoms with Gasteiger partial charge in [-0.1, -0.05) is 102 Å². The van der Waals surface area contributed by atoms with Crippen molar-refractivity contribution in [1.29, 1.82) is 0 Å². The largest absolute Gasteiger partial charge is 0.203 e. The van der Waals surface area contributed by atoms with Gasteiger partial charge >= 0.3 is 0 Å². The van der Waals surface area contributed by atoms with Gasteiger partial charge in [-0.25, -0.2) is 17.6 Å². The predicted octanol–water partition coefficient (Wildman–Crippen LogP) is 11.5. The van der Waals surface area contributed by atoms with Crippen LogP contribution in [0.5, 0.6) is 0 Å². The zero-order chi connectivity index (χ0) is 27.1. The molecule has 0 radical (unpaired) electrons. The van der Waals surface area contributed by atoms with Crippen LogP contribution in [0.1, 0.15) is 102 Å². The maximum atomic E-state index is 14.9. The van der Waals surface area contributed by atoms with Gasteiger partial charge in [-0.3, -0.25) is 0 Å². The van der Waals surface area contributed by atoms with Crippen molar-refractivity contribution in [3.8, 4) is 0 Å². The smallest absolute Gasteiger partial charge is 0.198 e. The van der Waals surface area contributed by atoms with Crippen molar-refractivity contribution < 1.29 is 17.6 Å². The van der Waals surface area contributed by atoms with E-state index >= 15 is 0 Å². The van der Waals surface area contributed by atoms with E-state index in [0.717, 1.165) is 71.2 Å². The van der Waals surface area contributed by atoms with E-state index in [1.54, 1.807) is 12.1 Å². The van der Waals surface area contributed by atoms with Crippen LogP contribution in [-0.2, 0) is 12.8 Å². The molecule has 0 aliphatic heterocycles. The first-order valence-electron chi connectivity index (χ1n) is 14.6. The highest BCUT2D eigenvalue weighted by atomic mass is 19.2. The molecule has 4 heteroatoms. The van der Waals surface area contributed by atoms with Crippen LogP contribution in [0.15, 0.2) is 36.4 Å². The Hall–Kier alpha value is -2.62. The minimum absolute atomic E-state index is 0.195. The lowest BCUT2D eigenvalue weighted by Crippen LogP contribution is -2.01. The molecule has 0 fully saturated rings. The second-order valence-corrected chi connectivity index (χ2v) is 10.7. The van der Waals surface area contributed by atoms with Gasteiger partial charge in [0.2, 0.25) is 0 Å². The van der Waals surface area contributed by atoms with E-state index in [2.05, 4.69) is 26.0 Å². The van der Waals surface area contributed by atoms with Gasteiger partial charge in [0, 0.05) is 10.8 Å². The molecule has 0 aromatic heterocycles. The molecule has 4 aromatic carbocycles. The van der Waals surface area contributed by atoms with Crippen molar-refractivity contribution in [2.45, 2.75) is 104 Å². The third kappa shape index (κ3) is 6.00. The maximum Gasteiger partial charge on any atom is 0.198 e. The Morgan fingerprint density at radius 2 is 0.789 bits per heavy atom. The van der Waals surface area contributed by atoms with Crippen LogP contribution in [0.3, 0.4) is 0 Å². The predicted molar refractivity (Wildman–Crippen MR) is 153 cm³/mol. The standard InChI is InChI=1S/C34H40F4/c1-3-5-7-9-11-13-17-25-23-19-15-16-20-24(23)26(18-14-12-10-8-6-4-2)28-22-30-29(21-27(25)28)31(35)33(37)34(38)32(30)36/h15-16,19-22H,3-14,17-18H2,1-2H3. The van der Waals surface area contributed by atoms with E-state index in [-0.39, 0.29) is 10.8 Å². The molecular weight excluding hydrogens is 484 g/mol. The van der Waals surface area contributed by atoms with Crippen molar-refractivity contribution in [3.63, 3.8) is 0 Å². The van der Waals surface area contributed by atoms with Crippen molar-refractivity contribution >= 4 is 32.3 Å². The summed E-state index contributed by atoms with van der Waals surface area (Å²) in [7, 11) is 0. The SMILES string of the molecule is CCCCCCCCc1c2ccccc2c(CCCCCCCC)c2cc3c(F)c(F)c(F)c(F)c3cc12. The van der Waals surface area contributed by atoms with Gasteiger partial charge < -0.3 is 0 Å².